The van der Waals surface area contributed by atoms with E-state index in [1.165, 1.54) is 19.1 Å². The SMILES string of the molecule is C=C(Cl)CNC(=O)c1ccccc1S(=O)(=O)CC. The summed E-state index contributed by atoms with van der Waals surface area (Å²) in [6, 6.07) is 6.08. The monoisotopic (exact) mass is 287 g/mol. The number of benzene rings is 1. The van der Waals surface area contributed by atoms with Gasteiger partial charge in [0.05, 0.1) is 22.8 Å². The predicted molar refractivity (Wildman–Crippen MR) is 71.5 cm³/mol. The van der Waals surface area contributed by atoms with E-state index < -0.39 is 15.7 Å². The Morgan fingerprint density at radius 1 is 1.39 bits per heavy atom. The third-order valence-electron chi connectivity index (χ3n) is 2.29. The molecule has 0 aliphatic rings. The third kappa shape index (κ3) is 3.58. The number of rotatable bonds is 5. The van der Waals surface area contributed by atoms with Gasteiger partial charge in [-0.15, -0.1) is 0 Å². The van der Waals surface area contributed by atoms with E-state index in [2.05, 4.69) is 11.9 Å². The van der Waals surface area contributed by atoms with Crippen LogP contribution in [-0.2, 0) is 9.84 Å². The van der Waals surface area contributed by atoms with Crippen LogP contribution in [0.5, 0.6) is 0 Å². The van der Waals surface area contributed by atoms with E-state index in [0.717, 1.165) is 0 Å². The highest BCUT2D eigenvalue weighted by molar-refractivity contribution is 7.91. The maximum atomic E-state index is 11.9. The predicted octanol–water partition coefficient (Wildman–Crippen LogP) is 1.96. The Labute approximate surface area is 112 Å². The summed E-state index contributed by atoms with van der Waals surface area (Å²) in [6.07, 6.45) is 0. The first kappa shape index (κ1) is 14.7. The first-order valence-electron chi connectivity index (χ1n) is 5.31. The molecule has 6 heteroatoms. The lowest BCUT2D eigenvalue weighted by atomic mass is 10.2. The van der Waals surface area contributed by atoms with Crippen molar-refractivity contribution < 1.29 is 13.2 Å². The Kier molecular flexibility index (Phi) is 4.93. The minimum absolute atomic E-state index is 0.0326. The number of carbonyl (C=O) groups excluding carboxylic acids is 1. The molecule has 0 aliphatic carbocycles. The third-order valence-corrected chi connectivity index (χ3v) is 4.21. The molecule has 1 aromatic rings. The number of sulfone groups is 1. The van der Waals surface area contributed by atoms with Crippen molar-refractivity contribution in [2.45, 2.75) is 11.8 Å². The van der Waals surface area contributed by atoms with Gasteiger partial charge in [0.25, 0.3) is 5.91 Å². The van der Waals surface area contributed by atoms with Gasteiger partial charge in [-0.1, -0.05) is 37.2 Å². The van der Waals surface area contributed by atoms with Gasteiger partial charge in [-0.3, -0.25) is 4.79 Å². The molecular weight excluding hydrogens is 274 g/mol. The van der Waals surface area contributed by atoms with Crippen LogP contribution in [0.15, 0.2) is 40.8 Å². The Bertz CT molecular complexity index is 566. The van der Waals surface area contributed by atoms with Gasteiger partial charge in [0.1, 0.15) is 0 Å². The van der Waals surface area contributed by atoms with E-state index in [-0.39, 0.29) is 27.8 Å². The van der Waals surface area contributed by atoms with Crippen molar-refractivity contribution in [1.82, 2.24) is 5.32 Å². The van der Waals surface area contributed by atoms with Crippen molar-refractivity contribution in [1.29, 1.82) is 0 Å². The molecule has 0 aliphatic heterocycles. The number of amides is 1. The number of carbonyl (C=O) groups is 1. The molecule has 1 N–H and O–H groups in total. The van der Waals surface area contributed by atoms with Crippen LogP contribution in [0.25, 0.3) is 0 Å². The van der Waals surface area contributed by atoms with Crippen LogP contribution >= 0.6 is 11.6 Å². The molecule has 1 aromatic carbocycles. The van der Waals surface area contributed by atoms with Gasteiger partial charge < -0.3 is 5.32 Å². The Hall–Kier alpha value is -1.33. The van der Waals surface area contributed by atoms with Crippen molar-refractivity contribution in [3.05, 3.63) is 41.4 Å². The average Bonchev–Trinajstić information content (AvgIpc) is 2.36. The quantitative estimate of drug-likeness (QED) is 0.900. The highest BCUT2D eigenvalue weighted by atomic mass is 35.5. The van der Waals surface area contributed by atoms with E-state index in [1.807, 2.05) is 0 Å². The first-order chi connectivity index (χ1) is 8.38. The van der Waals surface area contributed by atoms with E-state index in [4.69, 9.17) is 11.6 Å². The van der Waals surface area contributed by atoms with Gasteiger partial charge in [0.2, 0.25) is 0 Å². The number of nitrogens with one attached hydrogen (secondary N) is 1. The zero-order valence-corrected chi connectivity index (χ0v) is 11.5. The van der Waals surface area contributed by atoms with Crippen molar-refractivity contribution in [2.75, 3.05) is 12.3 Å². The average molecular weight is 288 g/mol. The van der Waals surface area contributed by atoms with Crippen LogP contribution in [0.3, 0.4) is 0 Å². The molecule has 0 saturated heterocycles. The molecule has 0 saturated carbocycles. The molecule has 0 aromatic heterocycles. The first-order valence-corrected chi connectivity index (χ1v) is 7.34. The standard InChI is InChI=1S/C12H14ClNO3S/c1-3-18(16,17)11-7-5-4-6-10(11)12(15)14-8-9(2)13/h4-7H,2-3,8H2,1H3,(H,14,15). The van der Waals surface area contributed by atoms with E-state index in [0.29, 0.717) is 0 Å². The van der Waals surface area contributed by atoms with Crippen LogP contribution in [0.1, 0.15) is 17.3 Å². The van der Waals surface area contributed by atoms with E-state index in [9.17, 15) is 13.2 Å². The Morgan fingerprint density at radius 3 is 2.56 bits per heavy atom. The lowest BCUT2D eigenvalue weighted by Gasteiger charge is -2.09. The summed E-state index contributed by atoms with van der Waals surface area (Å²) in [7, 11) is -3.43. The van der Waals surface area contributed by atoms with Gasteiger partial charge >= 0.3 is 0 Å². The fourth-order valence-electron chi connectivity index (χ4n) is 1.35. The largest absolute Gasteiger partial charge is 0.347 e. The molecule has 0 spiro atoms. The minimum Gasteiger partial charge on any atom is -0.347 e. The van der Waals surface area contributed by atoms with Crippen LogP contribution in [0.4, 0.5) is 0 Å². The highest BCUT2D eigenvalue weighted by Crippen LogP contribution is 2.16. The molecular formula is C12H14ClNO3S. The summed E-state index contributed by atoms with van der Waals surface area (Å²) in [5.41, 5.74) is 0.122. The summed E-state index contributed by atoms with van der Waals surface area (Å²) >= 11 is 5.54. The summed E-state index contributed by atoms with van der Waals surface area (Å²) in [5, 5.41) is 2.78. The smallest absolute Gasteiger partial charge is 0.252 e. The van der Waals surface area contributed by atoms with Crippen molar-refractivity contribution in [3.8, 4) is 0 Å². The van der Waals surface area contributed by atoms with Gasteiger partial charge in [-0.05, 0) is 12.1 Å². The van der Waals surface area contributed by atoms with Crippen molar-refractivity contribution in [2.24, 2.45) is 0 Å². The molecule has 1 amide bonds. The van der Waals surface area contributed by atoms with E-state index in [1.54, 1.807) is 12.1 Å². The maximum absolute atomic E-state index is 11.9. The normalized spacial score (nSPS) is 11.0. The summed E-state index contributed by atoms with van der Waals surface area (Å²) in [4.78, 5) is 11.9. The number of halogens is 1. The fourth-order valence-corrected chi connectivity index (χ4v) is 2.51. The second-order valence-corrected chi connectivity index (χ2v) is 6.38. The zero-order chi connectivity index (χ0) is 13.8. The van der Waals surface area contributed by atoms with Gasteiger partial charge in [-0.2, -0.15) is 0 Å². The van der Waals surface area contributed by atoms with Crippen LogP contribution in [0, 0.1) is 0 Å². The Balaban J connectivity index is 3.10. The zero-order valence-electron chi connectivity index (χ0n) is 9.94. The minimum atomic E-state index is -3.43. The highest BCUT2D eigenvalue weighted by Gasteiger charge is 2.20. The van der Waals surface area contributed by atoms with Crippen LogP contribution < -0.4 is 5.32 Å². The van der Waals surface area contributed by atoms with Crippen LogP contribution in [0.2, 0.25) is 0 Å². The van der Waals surface area contributed by atoms with Crippen LogP contribution in [-0.4, -0.2) is 26.6 Å². The molecule has 4 nitrogen and oxygen atoms in total. The molecule has 0 radical (unpaired) electrons. The Morgan fingerprint density at radius 2 is 2.00 bits per heavy atom. The molecule has 0 fully saturated rings. The van der Waals surface area contributed by atoms with Gasteiger partial charge in [0, 0.05) is 5.03 Å². The lowest BCUT2D eigenvalue weighted by Crippen LogP contribution is -2.26. The summed E-state index contributed by atoms with van der Waals surface area (Å²) < 4.78 is 23.7. The molecule has 98 valence electrons. The second-order valence-electron chi connectivity index (χ2n) is 3.60. The van der Waals surface area contributed by atoms with Crippen molar-refractivity contribution >= 4 is 27.3 Å². The molecule has 0 unspecified atom stereocenters. The maximum Gasteiger partial charge on any atom is 0.252 e. The number of hydrogen-bond donors (Lipinski definition) is 1. The fraction of sp³-hybridized carbons (Fsp3) is 0.250. The molecule has 0 bridgehead atoms. The van der Waals surface area contributed by atoms with Gasteiger partial charge in [-0.25, -0.2) is 8.42 Å². The van der Waals surface area contributed by atoms with Gasteiger partial charge in [0.15, 0.2) is 9.84 Å². The topological polar surface area (TPSA) is 63.2 Å². The summed E-state index contributed by atoms with van der Waals surface area (Å²) in [5.74, 6) is -0.538. The van der Waals surface area contributed by atoms with E-state index >= 15 is 0 Å². The molecule has 18 heavy (non-hydrogen) atoms. The number of hydrogen-bond acceptors (Lipinski definition) is 3. The molecule has 1 rings (SSSR count). The summed E-state index contributed by atoms with van der Waals surface area (Å²) in [6.45, 7) is 5.07. The molecule has 0 heterocycles. The second kappa shape index (κ2) is 6.02. The molecule has 0 atom stereocenters. The van der Waals surface area contributed by atoms with Crippen molar-refractivity contribution in [3.63, 3.8) is 0 Å². The lowest BCUT2D eigenvalue weighted by molar-refractivity contribution is 0.0954.